The first-order valence-corrected chi connectivity index (χ1v) is 6.66. The highest BCUT2D eigenvalue weighted by atomic mass is 16.4. The lowest BCUT2D eigenvalue weighted by atomic mass is 9.81. The number of urea groups is 1. The molecule has 0 aromatic heterocycles. The van der Waals surface area contributed by atoms with Crippen LogP contribution in [0.1, 0.15) is 25.8 Å². The van der Waals surface area contributed by atoms with Crippen LogP contribution in [0.25, 0.3) is 0 Å². The number of nitrogens with zero attached hydrogens (tertiary/aromatic N) is 2. The Bertz CT molecular complexity index is 522. The molecule has 1 heterocycles. The molecule has 1 aromatic carbocycles. The molecule has 0 spiro atoms. The molecule has 5 nitrogen and oxygen atoms in total. The zero-order chi connectivity index (χ0) is 14.9. The number of amides is 2. The summed E-state index contributed by atoms with van der Waals surface area (Å²) in [4.78, 5) is 26.2. The number of aliphatic carboxylic acids is 1. The first-order chi connectivity index (χ1) is 9.31. The van der Waals surface area contributed by atoms with Gasteiger partial charge in [-0.1, -0.05) is 26.0 Å². The zero-order valence-electron chi connectivity index (χ0n) is 12.1. The highest BCUT2D eigenvalue weighted by molar-refractivity contribution is 5.93. The highest BCUT2D eigenvalue weighted by Crippen LogP contribution is 2.29. The summed E-state index contributed by atoms with van der Waals surface area (Å²) in [7, 11) is 1.78. The molecule has 1 aromatic rings. The third kappa shape index (κ3) is 2.76. The number of anilines is 1. The van der Waals surface area contributed by atoms with Crippen LogP contribution in [0.3, 0.4) is 0 Å². The van der Waals surface area contributed by atoms with Gasteiger partial charge >= 0.3 is 12.0 Å². The number of carbonyl (C=O) groups excluding carboxylic acids is 1. The van der Waals surface area contributed by atoms with Crippen LogP contribution >= 0.6 is 0 Å². The number of hydrogen-bond acceptors (Lipinski definition) is 2. The summed E-state index contributed by atoms with van der Waals surface area (Å²) in [5, 5.41) is 8.94. The van der Waals surface area contributed by atoms with Crippen LogP contribution in [-0.2, 0) is 10.2 Å². The van der Waals surface area contributed by atoms with Crippen molar-refractivity contribution >= 4 is 17.7 Å². The van der Waals surface area contributed by atoms with Gasteiger partial charge in [-0.25, -0.2) is 4.79 Å². The topological polar surface area (TPSA) is 60.9 Å². The Morgan fingerprint density at radius 1 is 1.25 bits per heavy atom. The molecule has 1 saturated heterocycles. The third-order valence-corrected chi connectivity index (χ3v) is 3.77. The van der Waals surface area contributed by atoms with E-state index in [1.54, 1.807) is 16.8 Å². The van der Waals surface area contributed by atoms with Gasteiger partial charge in [-0.05, 0) is 17.7 Å². The van der Waals surface area contributed by atoms with Gasteiger partial charge in [-0.2, -0.15) is 0 Å². The van der Waals surface area contributed by atoms with Gasteiger partial charge in [0.25, 0.3) is 0 Å². The molecule has 1 aliphatic rings. The molecule has 0 atom stereocenters. The van der Waals surface area contributed by atoms with Crippen LogP contribution in [0.15, 0.2) is 24.3 Å². The number of rotatable bonds is 4. The van der Waals surface area contributed by atoms with Gasteiger partial charge in [-0.15, -0.1) is 0 Å². The lowest BCUT2D eigenvalue weighted by Crippen LogP contribution is -2.29. The van der Waals surface area contributed by atoms with E-state index in [0.717, 1.165) is 17.8 Å². The van der Waals surface area contributed by atoms with E-state index in [1.807, 2.05) is 38.1 Å². The van der Waals surface area contributed by atoms with Crippen LogP contribution in [0.5, 0.6) is 0 Å². The summed E-state index contributed by atoms with van der Waals surface area (Å²) in [6.07, 6.45) is 0.0811. The Labute approximate surface area is 118 Å². The summed E-state index contributed by atoms with van der Waals surface area (Å²) in [5.41, 5.74) is 1.40. The molecule has 0 aliphatic carbocycles. The number of benzene rings is 1. The molecule has 20 heavy (non-hydrogen) atoms. The molecule has 108 valence electrons. The monoisotopic (exact) mass is 276 g/mol. The number of carboxylic acid groups (broad SMARTS) is 1. The summed E-state index contributed by atoms with van der Waals surface area (Å²) in [5.74, 6) is -0.810. The van der Waals surface area contributed by atoms with E-state index in [1.165, 1.54) is 0 Å². The lowest BCUT2D eigenvalue weighted by Gasteiger charge is -2.24. The van der Waals surface area contributed by atoms with Crippen LogP contribution < -0.4 is 4.90 Å². The number of carbonyl (C=O) groups is 2. The molecular formula is C15H20N2O3. The fraction of sp³-hybridized carbons (Fsp3) is 0.467. The van der Waals surface area contributed by atoms with Crippen molar-refractivity contribution in [2.24, 2.45) is 0 Å². The van der Waals surface area contributed by atoms with Gasteiger partial charge in [0, 0.05) is 31.2 Å². The molecule has 2 amide bonds. The Morgan fingerprint density at radius 2 is 1.85 bits per heavy atom. The third-order valence-electron chi connectivity index (χ3n) is 3.77. The predicted molar refractivity (Wildman–Crippen MR) is 77.1 cm³/mol. The Morgan fingerprint density at radius 3 is 2.30 bits per heavy atom. The number of carboxylic acids is 1. The zero-order valence-corrected chi connectivity index (χ0v) is 12.1. The smallest absolute Gasteiger partial charge is 0.324 e. The van der Waals surface area contributed by atoms with E-state index in [4.69, 9.17) is 5.11 Å². The van der Waals surface area contributed by atoms with Gasteiger partial charge in [0.05, 0.1) is 6.42 Å². The van der Waals surface area contributed by atoms with Crippen molar-refractivity contribution in [2.75, 3.05) is 25.0 Å². The maximum atomic E-state index is 11.9. The van der Waals surface area contributed by atoms with Crippen LogP contribution in [0, 0.1) is 0 Å². The molecule has 2 rings (SSSR count). The summed E-state index contributed by atoms with van der Waals surface area (Å²) < 4.78 is 0. The molecule has 0 bridgehead atoms. The number of likely N-dealkylation sites (N-methyl/N-ethyl adjacent to an activating group) is 1. The van der Waals surface area contributed by atoms with Crippen molar-refractivity contribution in [1.29, 1.82) is 0 Å². The van der Waals surface area contributed by atoms with Crippen molar-refractivity contribution in [3.8, 4) is 0 Å². The normalized spacial score (nSPS) is 15.8. The fourth-order valence-electron chi connectivity index (χ4n) is 2.46. The molecular weight excluding hydrogens is 256 g/mol. The quantitative estimate of drug-likeness (QED) is 0.918. The SMILES string of the molecule is CN1CCN(c2ccc(C(C)(C)CC(=O)O)cc2)C1=O. The Kier molecular flexibility index (Phi) is 3.70. The second-order valence-corrected chi connectivity index (χ2v) is 5.86. The molecule has 1 fully saturated rings. The summed E-state index contributed by atoms with van der Waals surface area (Å²) in [6.45, 7) is 5.23. The van der Waals surface area contributed by atoms with Gasteiger partial charge in [0.2, 0.25) is 0 Å². The average molecular weight is 276 g/mol. The standard InChI is InChI=1S/C15H20N2O3/c1-15(2,10-13(18)19)11-4-6-12(7-5-11)17-9-8-16(3)14(17)20/h4-7H,8-10H2,1-3H3,(H,18,19). The molecule has 1 aliphatic heterocycles. The van der Waals surface area contributed by atoms with Crippen molar-refractivity contribution < 1.29 is 14.7 Å². The number of hydrogen-bond donors (Lipinski definition) is 1. The second-order valence-electron chi connectivity index (χ2n) is 5.86. The van der Waals surface area contributed by atoms with E-state index in [-0.39, 0.29) is 12.5 Å². The van der Waals surface area contributed by atoms with Gasteiger partial charge < -0.3 is 10.0 Å². The molecule has 5 heteroatoms. The summed E-state index contributed by atoms with van der Waals surface area (Å²) in [6, 6.07) is 7.59. The molecule has 1 N–H and O–H groups in total. The Balaban J connectivity index is 2.18. The van der Waals surface area contributed by atoms with Gasteiger partial charge in [0.15, 0.2) is 0 Å². The van der Waals surface area contributed by atoms with E-state index in [2.05, 4.69) is 0 Å². The Hall–Kier alpha value is -2.04. The lowest BCUT2D eigenvalue weighted by molar-refractivity contribution is -0.138. The van der Waals surface area contributed by atoms with Crippen molar-refractivity contribution in [1.82, 2.24) is 4.90 Å². The largest absolute Gasteiger partial charge is 0.481 e. The van der Waals surface area contributed by atoms with Crippen molar-refractivity contribution in [3.05, 3.63) is 29.8 Å². The molecule has 0 radical (unpaired) electrons. The average Bonchev–Trinajstić information content (AvgIpc) is 2.69. The molecule has 0 saturated carbocycles. The van der Waals surface area contributed by atoms with Gasteiger partial charge in [0.1, 0.15) is 0 Å². The predicted octanol–water partition coefficient (Wildman–Crippen LogP) is 2.31. The van der Waals surface area contributed by atoms with E-state index in [0.29, 0.717) is 6.54 Å². The van der Waals surface area contributed by atoms with E-state index < -0.39 is 11.4 Å². The van der Waals surface area contributed by atoms with Crippen LogP contribution in [0.2, 0.25) is 0 Å². The minimum absolute atomic E-state index is 0.00236. The van der Waals surface area contributed by atoms with E-state index >= 15 is 0 Å². The van der Waals surface area contributed by atoms with Crippen LogP contribution in [0.4, 0.5) is 10.5 Å². The van der Waals surface area contributed by atoms with Crippen LogP contribution in [-0.4, -0.2) is 42.1 Å². The van der Waals surface area contributed by atoms with Crippen molar-refractivity contribution in [3.63, 3.8) is 0 Å². The van der Waals surface area contributed by atoms with Gasteiger partial charge in [-0.3, -0.25) is 9.69 Å². The molecule has 0 unspecified atom stereocenters. The maximum Gasteiger partial charge on any atom is 0.324 e. The minimum atomic E-state index is -0.810. The minimum Gasteiger partial charge on any atom is -0.481 e. The first-order valence-electron chi connectivity index (χ1n) is 6.66. The van der Waals surface area contributed by atoms with Crippen molar-refractivity contribution in [2.45, 2.75) is 25.7 Å². The fourth-order valence-corrected chi connectivity index (χ4v) is 2.46. The second kappa shape index (κ2) is 5.15. The highest BCUT2D eigenvalue weighted by Gasteiger charge is 2.28. The van der Waals surface area contributed by atoms with E-state index in [9.17, 15) is 9.59 Å². The summed E-state index contributed by atoms with van der Waals surface area (Å²) >= 11 is 0. The maximum absolute atomic E-state index is 11.9. The first kappa shape index (κ1) is 14.4.